The minimum absolute atomic E-state index is 0.0148. The van der Waals surface area contributed by atoms with Crippen LogP contribution >= 0.6 is 0 Å². The Morgan fingerprint density at radius 3 is 2.83 bits per heavy atom. The number of pyridine rings is 1. The van der Waals surface area contributed by atoms with Crippen LogP contribution < -0.4 is 5.32 Å². The highest BCUT2D eigenvalue weighted by Gasteiger charge is 2.26. The first-order valence-corrected chi connectivity index (χ1v) is 8.47. The largest absolute Gasteiger partial charge is 0.352 e. The smallest absolute Gasteiger partial charge is 0.272 e. The molecule has 0 spiro atoms. The van der Waals surface area contributed by atoms with Crippen molar-refractivity contribution in [1.82, 2.24) is 9.88 Å². The van der Waals surface area contributed by atoms with Gasteiger partial charge in [0.2, 0.25) is 0 Å². The van der Waals surface area contributed by atoms with Gasteiger partial charge in [0.1, 0.15) is 11.5 Å². The molecule has 4 nitrogen and oxygen atoms in total. The Hall–Kier alpha value is -2.43. The van der Waals surface area contributed by atoms with Gasteiger partial charge in [-0.25, -0.2) is 9.37 Å². The number of nitrogens with one attached hydrogen (secondary N) is 1. The number of nitrogens with zero attached hydrogens (tertiary/aromatic N) is 2. The van der Waals surface area contributed by atoms with Gasteiger partial charge in [-0.2, -0.15) is 0 Å². The predicted molar refractivity (Wildman–Crippen MR) is 92.9 cm³/mol. The molecule has 0 saturated carbocycles. The standard InChI is InChI=1S/C19H22FN3O/c1-2-15-7-5-6-12-23(15)19(24)18-11-10-14(13-21-18)22-17-9-4-3-8-16(17)20/h3-4,8-11,13,15,22H,2,5-7,12H2,1H3. The van der Waals surface area contributed by atoms with Crippen LogP contribution in [0.5, 0.6) is 0 Å². The third-order valence-electron chi connectivity index (χ3n) is 4.49. The van der Waals surface area contributed by atoms with Gasteiger partial charge in [-0.05, 0) is 49.9 Å². The number of benzene rings is 1. The van der Waals surface area contributed by atoms with Crippen molar-refractivity contribution in [2.75, 3.05) is 11.9 Å². The summed E-state index contributed by atoms with van der Waals surface area (Å²) in [5, 5.41) is 2.98. The molecule has 126 valence electrons. The first-order chi connectivity index (χ1) is 11.7. The van der Waals surface area contributed by atoms with Crippen LogP contribution in [0.3, 0.4) is 0 Å². The van der Waals surface area contributed by atoms with Crippen molar-refractivity contribution in [2.24, 2.45) is 0 Å². The number of carbonyl (C=O) groups is 1. The number of hydrogen-bond donors (Lipinski definition) is 1. The van der Waals surface area contributed by atoms with Gasteiger partial charge in [0.05, 0.1) is 17.6 Å². The number of aromatic nitrogens is 1. The Morgan fingerprint density at radius 1 is 1.29 bits per heavy atom. The van der Waals surface area contributed by atoms with Crippen molar-refractivity contribution >= 4 is 17.3 Å². The molecule has 1 saturated heterocycles. The fourth-order valence-electron chi connectivity index (χ4n) is 3.15. The van der Waals surface area contributed by atoms with Crippen molar-refractivity contribution in [3.05, 3.63) is 54.1 Å². The van der Waals surface area contributed by atoms with Crippen LogP contribution in [-0.2, 0) is 0 Å². The molecule has 1 aromatic heterocycles. The van der Waals surface area contributed by atoms with Gasteiger partial charge in [0.15, 0.2) is 0 Å². The van der Waals surface area contributed by atoms with Crippen molar-refractivity contribution in [2.45, 2.75) is 38.6 Å². The van der Waals surface area contributed by atoms with Crippen LogP contribution in [0.1, 0.15) is 43.1 Å². The summed E-state index contributed by atoms with van der Waals surface area (Å²) in [6.07, 6.45) is 5.84. The summed E-state index contributed by atoms with van der Waals surface area (Å²) in [5.41, 5.74) is 1.48. The molecule has 1 aliphatic rings. The van der Waals surface area contributed by atoms with Crippen LogP contribution in [0.4, 0.5) is 15.8 Å². The molecule has 1 aliphatic heterocycles. The van der Waals surface area contributed by atoms with Crippen molar-refractivity contribution in [3.63, 3.8) is 0 Å². The Bertz CT molecular complexity index is 702. The summed E-state index contributed by atoms with van der Waals surface area (Å²) >= 11 is 0. The summed E-state index contributed by atoms with van der Waals surface area (Å²) in [7, 11) is 0. The van der Waals surface area contributed by atoms with Gasteiger partial charge in [0, 0.05) is 12.6 Å². The van der Waals surface area contributed by atoms with E-state index >= 15 is 0 Å². The minimum Gasteiger partial charge on any atom is -0.352 e. The molecule has 1 N–H and O–H groups in total. The molecule has 2 aromatic rings. The first kappa shape index (κ1) is 16.4. The number of piperidine rings is 1. The van der Waals surface area contributed by atoms with Gasteiger partial charge in [-0.1, -0.05) is 19.1 Å². The number of carbonyl (C=O) groups excluding carboxylic acids is 1. The van der Waals surface area contributed by atoms with E-state index in [9.17, 15) is 9.18 Å². The van der Waals surface area contributed by atoms with E-state index in [2.05, 4.69) is 17.2 Å². The monoisotopic (exact) mass is 327 g/mol. The van der Waals surface area contributed by atoms with E-state index in [1.165, 1.54) is 12.5 Å². The maximum Gasteiger partial charge on any atom is 0.272 e. The highest BCUT2D eigenvalue weighted by atomic mass is 19.1. The molecule has 24 heavy (non-hydrogen) atoms. The molecule has 5 heteroatoms. The summed E-state index contributed by atoms with van der Waals surface area (Å²) in [6.45, 7) is 2.92. The molecular weight excluding hydrogens is 305 g/mol. The van der Waals surface area contributed by atoms with E-state index in [0.29, 0.717) is 23.1 Å². The molecule has 0 bridgehead atoms. The summed E-state index contributed by atoms with van der Waals surface area (Å²) in [5.74, 6) is -0.337. The van der Waals surface area contributed by atoms with Crippen molar-refractivity contribution < 1.29 is 9.18 Å². The van der Waals surface area contributed by atoms with Gasteiger partial charge in [-0.3, -0.25) is 4.79 Å². The average molecular weight is 327 g/mol. The molecule has 1 atom stereocenters. The molecule has 2 heterocycles. The van der Waals surface area contributed by atoms with E-state index in [1.54, 1.807) is 36.5 Å². The number of likely N-dealkylation sites (tertiary alicyclic amines) is 1. The number of rotatable bonds is 4. The number of amides is 1. The maximum atomic E-state index is 13.7. The number of hydrogen-bond acceptors (Lipinski definition) is 3. The summed E-state index contributed by atoms with van der Waals surface area (Å²) in [4.78, 5) is 18.9. The highest BCUT2D eigenvalue weighted by molar-refractivity contribution is 5.92. The number of para-hydroxylation sites is 1. The topological polar surface area (TPSA) is 45.2 Å². The van der Waals surface area contributed by atoms with Gasteiger partial charge >= 0.3 is 0 Å². The van der Waals surface area contributed by atoms with Gasteiger partial charge < -0.3 is 10.2 Å². The lowest BCUT2D eigenvalue weighted by atomic mass is 9.99. The highest BCUT2D eigenvalue weighted by Crippen LogP contribution is 2.23. The molecule has 1 amide bonds. The lowest BCUT2D eigenvalue weighted by Gasteiger charge is -2.35. The number of anilines is 2. The summed E-state index contributed by atoms with van der Waals surface area (Å²) < 4.78 is 13.7. The average Bonchev–Trinajstić information content (AvgIpc) is 2.63. The Morgan fingerprint density at radius 2 is 2.12 bits per heavy atom. The van der Waals surface area contributed by atoms with Gasteiger partial charge in [-0.15, -0.1) is 0 Å². The fourth-order valence-corrected chi connectivity index (χ4v) is 3.15. The second-order valence-corrected chi connectivity index (χ2v) is 6.09. The van der Waals surface area contributed by atoms with Crippen molar-refractivity contribution in [3.8, 4) is 0 Å². The van der Waals surface area contributed by atoms with Crippen LogP contribution in [0.25, 0.3) is 0 Å². The fraction of sp³-hybridized carbons (Fsp3) is 0.368. The van der Waals surface area contributed by atoms with E-state index < -0.39 is 0 Å². The van der Waals surface area contributed by atoms with Crippen LogP contribution in [0.15, 0.2) is 42.6 Å². The van der Waals surface area contributed by atoms with E-state index in [4.69, 9.17) is 0 Å². The number of halogens is 1. The predicted octanol–water partition coefficient (Wildman–Crippen LogP) is 4.37. The molecule has 1 fully saturated rings. The maximum absolute atomic E-state index is 13.7. The third kappa shape index (κ3) is 3.55. The zero-order chi connectivity index (χ0) is 16.9. The Balaban J connectivity index is 1.72. The molecule has 0 radical (unpaired) electrons. The van der Waals surface area contributed by atoms with Crippen LogP contribution in [0.2, 0.25) is 0 Å². The quantitative estimate of drug-likeness (QED) is 0.907. The van der Waals surface area contributed by atoms with Crippen molar-refractivity contribution in [1.29, 1.82) is 0 Å². The lowest BCUT2D eigenvalue weighted by molar-refractivity contribution is 0.0602. The normalized spacial score (nSPS) is 17.6. The van der Waals surface area contributed by atoms with E-state index in [1.807, 2.05) is 4.90 Å². The summed E-state index contributed by atoms with van der Waals surface area (Å²) in [6, 6.07) is 10.2. The molecule has 3 rings (SSSR count). The zero-order valence-corrected chi connectivity index (χ0v) is 13.8. The zero-order valence-electron chi connectivity index (χ0n) is 13.8. The van der Waals surface area contributed by atoms with E-state index in [0.717, 1.165) is 25.8 Å². The third-order valence-corrected chi connectivity index (χ3v) is 4.49. The Labute approximate surface area is 141 Å². The molecule has 1 aromatic carbocycles. The Kier molecular flexibility index (Phi) is 5.08. The molecular formula is C19H22FN3O. The SMILES string of the molecule is CCC1CCCCN1C(=O)c1ccc(Nc2ccccc2F)cn1. The molecule has 0 aliphatic carbocycles. The van der Waals surface area contributed by atoms with Crippen LogP contribution in [-0.4, -0.2) is 28.4 Å². The molecule has 1 unspecified atom stereocenters. The van der Waals surface area contributed by atoms with Gasteiger partial charge in [0.25, 0.3) is 5.91 Å². The second-order valence-electron chi connectivity index (χ2n) is 6.09. The lowest BCUT2D eigenvalue weighted by Crippen LogP contribution is -2.43. The minimum atomic E-state index is -0.322. The van der Waals surface area contributed by atoms with E-state index in [-0.39, 0.29) is 11.7 Å². The van der Waals surface area contributed by atoms with Crippen LogP contribution in [0, 0.1) is 5.82 Å². The second kappa shape index (κ2) is 7.43. The first-order valence-electron chi connectivity index (χ1n) is 8.47.